The number of benzene rings is 1. The summed E-state index contributed by atoms with van der Waals surface area (Å²) in [5.41, 5.74) is 1.28. The quantitative estimate of drug-likeness (QED) is 0.842. The largest absolute Gasteiger partial charge is 0.492 e. The fraction of sp³-hybridized carbons (Fsp3) is 0.636. The smallest absolute Gasteiger partial charge is 0.229 e. The predicted molar refractivity (Wildman–Crippen MR) is 107 cm³/mol. The van der Waals surface area contributed by atoms with Gasteiger partial charge in [-0.1, -0.05) is 40.0 Å². The molecule has 1 atom stereocenters. The molecule has 3 rings (SSSR count). The summed E-state index contributed by atoms with van der Waals surface area (Å²) in [7, 11) is 0. The number of rotatable bonds is 4. The molecule has 2 amide bonds. The van der Waals surface area contributed by atoms with Gasteiger partial charge in [0.25, 0.3) is 0 Å². The van der Waals surface area contributed by atoms with Crippen LogP contribution in [0.25, 0.3) is 0 Å². The van der Waals surface area contributed by atoms with Gasteiger partial charge < -0.3 is 15.4 Å². The summed E-state index contributed by atoms with van der Waals surface area (Å²) < 4.78 is 5.80. The van der Waals surface area contributed by atoms with Crippen molar-refractivity contribution in [2.24, 2.45) is 17.3 Å². The Morgan fingerprint density at radius 3 is 2.59 bits per heavy atom. The molecule has 5 heteroatoms. The lowest BCUT2D eigenvalue weighted by Crippen LogP contribution is -2.39. The normalized spacial score (nSPS) is 20.3. The SMILES string of the molecule is CC(C)(C)C(=O)Nc1ccc2c(c1)C[C@H](C(=O)NCC1CCCCC1)CO2. The van der Waals surface area contributed by atoms with Crippen LogP contribution in [0.1, 0.15) is 58.4 Å². The highest BCUT2D eigenvalue weighted by molar-refractivity contribution is 5.94. The van der Waals surface area contributed by atoms with Crippen molar-refractivity contribution in [3.63, 3.8) is 0 Å². The van der Waals surface area contributed by atoms with E-state index >= 15 is 0 Å². The summed E-state index contributed by atoms with van der Waals surface area (Å²) in [6.07, 6.45) is 6.98. The van der Waals surface area contributed by atoms with E-state index in [1.165, 1.54) is 32.1 Å². The third kappa shape index (κ3) is 5.24. The number of anilines is 1. The third-order valence-electron chi connectivity index (χ3n) is 5.57. The number of fused-ring (bicyclic) bond motifs is 1. The Hall–Kier alpha value is -2.04. The van der Waals surface area contributed by atoms with E-state index in [0.29, 0.717) is 18.9 Å². The molecule has 5 nitrogen and oxygen atoms in total. The third-order valence-corrected chi connectivity index (χ3v) is 5.57. The summed E-state index contributed by atoms with van der Waals surface area (Å²) in [5.74, 6) is 1.31. The van der Waals surface area contributed by atoms with Crippen LogP contribution in [0.3, 0.4) is 0 Å². The molecule has 1 aliphatic carbocycles. The molecule has 1 heterocycles. The van der Waals surface area contributed by atoms with Crippen molar-refractivity contribution < 1.29 is 14.3 Å². The number of hydrogen-bond acceptors (Lipinski definition) is 3. The second-order valence-corrected chi connectivity index (χ2v) is 8.99. The Morgan fingerprint density at radius 2 is 1.89 bits per heavy atom. The van der Waals surface area contributed by atoms with E-state index in [1.807, 2.05) is 39.0 Å². The number of amides is 2. The van der Waals surface area contributed by atoms with Gasteiger partial charge in [-0.05, 0) is 48.9 Å². The highest BCUT2D eigenvalue weighted by Gasteiger charge is 2.27. The molecule has 1 aliphatic heterocycles. The molecular formula is C22H32N2O3. The number of ether oxygens (including phenoxy) is 1. The summed E-state index contributed by atoms with van der Waals surface area (Å²) in [5, 5.41) is 6.08. The Bertz CT molecular complexity index is 687. The van der Waals surface area contributed by atoms with Crippen molar-refractivity contribution in [1.82, 2.24) is 5.32 Å². The molecule has 0 spiro atoms. The maximum Gasteiger partial charge on any atom is 0.229 e. The molecule has 0 bridgehead atoms. The van der Waals surface area contributed by atoms with Crippen molar-refractivity contribution >= 4 is 17.5 Å². The molecule has 2 N–H and O–H groups in total. The fourth-order valence-corrected chi connectivity index (χ4v) is 3.74. The first-order chi connectivity index (χ1) is 12.8. The van der Waals surface area contributed by atoms with Crippen LogP contribution >= 0.6 is 0 Å². The Morgan fingerprint density at radius 1 is 1.15 bits per heavy atom. The monoisotopic (exact) mass is 372 g/mol. The lowest BCUT2D eigenvalue weighted by atomic mass is 9.89. The van der Waals surface area contributed by atoms with Crippen LogP contribution in [0, 0.1) is 17.3 Å². The van der Waals surface area contributed by atoms with E-state index in [-0.39, 0.29) is 17.7 Å². The number of hydrogen-bond donors (Lipinski definition) is 2. The molecule has 0 aromatic heterocycles. The van der Waals surface area contributed by atoms with Crippen molar-refractivity contribution in [3.05, 3.63) is 23.8 Å². The van der Waals surface area contributed by atoms with Crippen LogP contribution in [0.5, 0.6) is 5.75 Å². The standard InChI is InChI=1S/C22H32N2O3/c1-22(2,3)21(26)24-18-9-10-19-16(12-18)11-17(14-27-19)20(25)23-13-15-7-5-4-6-8-15/h9-10,12,15,17H,4-8,11,13-14H2,1-3H3,(H,23,25)(H,24,26)/t17-/m0/s1. The lowest BCUT2D eigenvalue weighted by Gasteiger charge is -2.27. The van der Waals surface area contributed by atoms with Crippen molar-refractivity contribution in [3.8, 4) is 5.75 Å². The van der Waals surface area contributed by atoms with Gasteiger partial charge in [0.05, 0.1) is 5.92 Å². The van der Waals surface area contributed by atoms with Crippen LogP contribution in [-0.4, -0.2) is 25.0 Å². The zero-order valence-corrected chi connectivity index (χ0v) is 16.8. The average Bonchev–Trinajstić information content (AvgIpc) is 2.65. The van der Waals surface area contributed by atoms with Gasteiger partial charge >= 0.3 is 0 Å². The number of carbonyl (C=O) groups excluding carboxylic acids is 2. The summed E-state index contributed by atoms with van der Waals surface area (Å²) >= 11 is 0. The van der Waals surface area contributed by atoms with E-state index in [2.05, 4.69) is 10.6 Å². The molecule has 2 aliphatic rings. The van der Waals surface area contributed by atoms with Crippen LogP contribution < -0.4 is 15.4 Å². The first-order valence-electron chi connectivity index (χ1n) is 10.2. The van der Waals surface area contributed by atoms with E-state index in [9.17, 15) is 9.59 Å². The van der Waals surface area contributed by atoms with Gasteiger partial charge in [0.15, 0.2) is 0 Å². The molecule has 1 fully saturated rings. The van der Waals surface area contributed by atoms with Crippen LogP contribution in [0.4, 0.5) is 5.69 Å². The van der Waals surface area contributed by atoms with Crippen LogP contribution in [0.15, 0.2) is 18.2 Å². The van der Waals surface area contributed by atoms with Gasteiger partial charge in [-0.3, -0.25) is 9.59 Å². The molecule has 0 unspecified atom stereocenters. The maximum absolute atomic E-state index is 12.6. The van der Waals surface area contributed by atoms with Gasteiger partial charge in [-0.2, -0.15) is 0 Å². The molecule has 0 radical (unpaired) electrons. The maximum atomic E-state index is 12.6. The summed E-state index contributed by atoms with van der Waals surface area (Å²) in [6, 6.07) is 5.66. The van der Waals surface area contributed by atoms with Crippen molar-refractivity contribution in [1.29, 1.82) is 0 Å². The van der Waals surface area contributed by atoms with E-state index in [1.54, 1.807) is 0 Å². The van der Waals surface area contributed by atoms with E-state index in [4.69, 9.17) is 4.74 Å². The first-order valence-corrected chi connectivity index (χ1v) is 10.2. The van der Waals surface area contributed by atoms with Crippen molar-refractivity contribution in [2.45, 2.75) is 59.3 Å². The van der Waals surface area contributed by atoms with Crippen LogP contribution in [-0.2, 0) is 16.0 Å². The second-order valence-electron chi connectivity index (χ2n) is 8.99. The fourth-order valence-electron chi connectivity index (χ4n) is 3.74. The molecule has 27 heavy (non-hydrogen) atoms. The van der Waals surface area contributed by atoms with Gasteiger partial charge in [-0.15, -0.1) is 0 Å². The highest BCUT2D eigenvalue weighted by Crippen LogP contribution is 2.31. The number of carbonyl (C=O) groups is 2. The Kier molecular flexibility index (Phi) is 6.08. The van der Waals surface area contributed by atoms with Gasteiger partial charge in [0.1, 0.15) is 12.4 Å². The molecule has 1 aromatic rings. The topological polar surface area (TPSA) is 67.4 Å². The Balaban J connectivity index is 1.58. The summed E-state index contributed by atoms with van der Waals surface area (Å²) in [6.45, 7) is 6.85. The minimum absolute atomic E-state index is 0.0269. The summed E-state index contributed by atoms with van der Waals surface area (Å²) in [4.78, 5) is 24.8. The van der Waals surface area contributed by atoms with Gasteiger partial charge in [-0.25, -0.2) is 0 Å². The lowest BCUT2D eigenvalue weighted by molar-refractivity contribution is -0.126. The molecule has 1 aromatic carbocycles. The highest BCUT2D eigenvalue weighted by atomic mass is 16.5. The average molecular weight is 373 g/mol. The molecule has 148 valence electrons. The van der Waals surface area contributed by atoms with Crippen molar-refractivity contribution in [2.75, 3.05) is 18.5 Å². The van der Waals surface area contributed by atoms with E-state index in [0.717, 1.165) is 23.5 Å². The zero-order chi connectivity index (χ0) is 19.4. The Labute approximate surface area is 162 Å². The van der Waals surface area contributed by atoms with E-state index < -0.39 is 5.41 Å². The molecule has 0 saturated heterocycles. The molecule has 1 saturated carbocycles. The second kappa shape index (κ2) is 8.32. The molecular weight excluding hydrogens is 340 g/mol. The van der Waals surface area contributed by atoms with Gasteiger partial charge in [0, 0.05) is 17.6 Å². The van der Waals surface area contributed by atoms with Gasteiger partial charge in [0.2, 0.25) is 11.8 Å². The predicted octanol–water partition coefficient (Wildman–Crippen LogP) is 3.92. The minimum atomic E-state index is -0.450. The first kappa shape index (κ1) is 19.7. The zero-order valence-electron chi connectivity index (χ0n) is 16.8. The minimum Gasteiger partial charge on any atom is -0.492 e. The number of nitrogens with one attached hydrogen (secondary N) is 2. The van der Waals surface area contributed by atoms with Crippen LogP contribution in [0.2, 0.25) is 0 Å².